The molecule has 0 bridgehead atoms. The number of amides is 1. The Kier molecular flexibility index (Phi) is 6.38. The van der Waals surface area contributed by atoms with E-state index in [4.69, 9.17) is 9.26 Å². The minimum atomic E-state index is -0.0479. The fourth-order valence-electron chi connectivity index (χ4n) is 3.03. The van der Waals surface area contributed by atoms with Crippen molar-refractivity contribution in [2.75, 3.05) is 26.3 Å². The van der Waals surface area contributed by atoms with Crippen LogP contribution in [0.3, 0.4) is 0 Å². The van der Waals surface area contributed by atoms with Crippen molar-refractivity contribution in [3.8, 4) is 0 Å². The SMILES string of the molecule is CC(C)c1nc(C2CCCN2C(=O)CC2COCCN2)no1.Cl. The van der Waals surface area contributed by atoms with Crippen LogP contribution in [0.5, 0.6) is 0 Å². The minimum Gasteiger partial charge on any atom is -0.378 e. The summed E-state index contributed by atoms with van der Waals surface area (Å²) in [6.07, 6.45) is 2.35. The van der Waals surface area contributed by atoms with Crippen LogP contribution in [0.1, 0.15) is 56.8 Å². The van der Waals surface area contributed by atoms with E-state index in [1.807, 2.05) is 18.7 Å². The van der Waals surface area contributed by atoms with E-state index in [9.17, 15) is 4.79 Å². The van der Waals surface area contributed by atoms with Gasteiger partial charge in [0, 0.05) is 31.5 Å². The van der Waals surface area contributed by atoms with Gasteiger partial charge in [-0.3, -0.25) is 4.79 Å². The van der Waals surface area contributed by atoms with Crippen molar-refractivity contribution >= 4 is 18.3 Å². The summed E-state index contributed by atoms with van der Waals surface area (Å²) >= 11 is 0. The van der Waals surface area contributed by atoms with Gasteiger partial charge in [-0.2, -0.15) is 4.98 Å². The number of nitrogens with one attached hydrogen (secondary N) is 1. The standard InChI is InChI=1S/C15H24N4O3.ClH/c1-10(2)15-17-14(18-22-15)12-4-3-6-19(12)13(20)8-11-9-21-7-5-16-11;/h10-12,16H,3-9H2,1-2H3;1H. The van der Waals surface area contributed by atoms with Crippen LogP contribution >= 0.6 is 12.4 Å². The van der Waals surface area contributed by atoms with E-state index in [-0.39, 0.29) is 36.3 Å². The molecular weight excluding hydrogens is 320 g/mol. The lowest BCUT2D eigenvalue weighted by atomic mass is 10.1. The molecule has 2 aliphatic heterocycles. The van der Waals surface area contributed by atoms with Crippen LogP contribution in [0.25, 0.3) is 0 Å². The van der Waals surface area contributed by atoms with Crippen molar-refractivity contribution < 1.29 is 14.1 Å². The molecule has 2 saturated heterocycles. The monoisotopic (exact) mass is 344 g/mol. The third kappa shape index (κ3) is 4.22. The fourth-order valence-corrected chi connectivity index (χ4v) is 3.03. The summed E-state index contributed by atoms with van der Waals surface area (Å²) in [4.78, 5) is 18.9. The molecule has 7 nitrogen and oxygen atoms in total. The first-order valence-electron chi connectivity index (χ1n) is 8.09. The van der Waals surface area contributed by atoms with Crippen LogP contribution in [0, 0.1) is 0 Å². The zero-order valence-corrected chi connectivity index (χ0v) is 14.5. The van der Waals surface area contributed by atoms with Crippen molar-refractivity contribution in [3.63, 3.8) is 0 Å². The van der Waals surface area contributed by atoms with E-state index < -0.39 is 0 Å². The molecule has 1 aromatic rings. The largest absolute Gasteiger partial charge is 0.378 e. The Labute approximate surface area is 142 Å². The highest BCUT2D eigenvalue weighted by Crippen LogP contribution is 2.31. The number of hydrogen-bond acceptors (Lipinski definition) is 6. The van der Waals surface area contributed by atoms with Crippen LogP contribution in [-0.2, 0) is 9.53 Å². The average molecular weight is 345 g/mol. The van der Waals surface area contributed by atoms with Gasteiger partial charge in [0.1, 0.15) is 0 Å². The Morgan fingerprint density at radius 1 is 1.48 bits per heavy atom. The van der Waals surface area contributed by atoms with Gasteiger partial charge in [-0.15, -0.1) is 12.4 Å². The predicted molar refractivity (Wildman–Crippen MR) is 86.5 cm³/mol. The van der Waals surface area contributed by atoms with Crippen molar-refractivity contribution in [3.05, 3.63) is 11.7 Å². The highest BCUT2D eigenvalue weighted by atomic mass is 35.5. The van der Waals surface area contributed by atoms with Crippen LogP contribution < -0.4 is 5.32 Å². The summed E-state index contributed by atoms with van der Waals surface area (Å²) in [6.45, 7) is 6.93. The van der Waals surface area contributed by atoms with Crippen molar-refractivity contribution in [2.24, 2.45) is 0 Å². The Balaban J connectivity index is 0.00000192. The summed E-state index contributed by atoms with van der Waals surface area (Å²) in [5.74, 6) is 1.62. The molecule has 2 fully saturated rings. The Hall–Kier alpha value is -1.18. The first-order chi connectivity index (χ1) is 10.6. The highest BCUT2D eigenvalue weighted by Gasteiger charge is 2.34. The number of likely N-dealkylation sites (tertiary alicyclic amines) is 1. The average Bonchev–Trinajstić information content (AvgIpc) is 3.17. The number of hydrogen-bond donors (Lipinski definition) is 1. The lowest BCUT2D eigenvalue weighted by molar-refractivity contribution is -0.133. The Morgan fingerprint density at radius 3 is 2.96 bits per heavy atom. The molecule has 8 heteroatoms. The summed E-state index contributed by atoms with van der Waals surface area (Å²) < 4.78 is 10.7. The zero-order chi connectivity index (χ0) is 15.5. The summed E-state index contributed by atoms with van der Waals surface area (Å²) in [6, 6.07) is 0.0623. The van der Waals surface area contributed by atoms with E-state index in [1.165, 1.54) is 0 Å². The van der Waals surface area contributed by atoms with Gasteiger partial charge in [0.15, 0.2) is 5.82 Å². The van der Waals surface area contributed by atoms with E-state index in [2.05, 4.69) is 15.5 Å². The zero-order valence-electron chi connectivity index (χ0n) is 13.7. The fraction of sp³-hybridized carbons (Fsp3) is 0.800. The number of nitrogens with zero attached hydrogens (tertiary/aromatic N) is 3. The number of halogens is 1. The Morgan fingerprint density at radius 2 is 2.30 bits per heavy atom. The molecule has 1 aromatic heterocycles. The van der Waals surface area contributed by atoms with E-state index in [0.29, 0.717) is 24.7 Å². The molecule has 0 radical (unpaired) electrons. The minimum absolute atomic E-state index is 0. The van der Waals surface area contributed by atoms with Crippen LogP contribution in [0.2, 0.25) is 0 Å². The molecule has 0 aliphatic carbocycles. The number of carbonyl (C=O) groups is 1. The third-order valence-electron chi connectivity index (χ3n) is 4.24. The van der Waals surface area contributed by atoms with E-state index in [0.717, 1.165) is 32.5 Å². The number of rotatable bonds is 4. The molecule has 0 spiro atoms. The maximum Gasteiger partial charge on any atom is 0.229 e. The number of carbonyl (C=O) groups excluding carboxylic acids is 1. The van der Waals surface area contributed by atoms with E-state index in [1.54, 1.807) is 0 Å². The molecule has 0 saturated carbocycles. The molecule has 23 heavy (non-hydrogen) atoms. The molecule has 0 aromatic carbocycles. The molecule has 2 atom stereocenters. The predicted octanol–water partition coefficient (Wildman–Crippen LogP) is 1.66. The maximum atomic E-state index is 12.6. The first kappa shape index (κ1) is 18.2. The molecular formula is C15H25ClN4O3. The lowest BCUT2D eigenvalue weighted by Crippen LogP contribution is -2.45. The van der Waals surface area contributed by atoms with Crippen molar-refractivity contribution in [2.45, 2.75) is 51.1 Å². The van der Waals surface area contributed by atoms with Crippen molar-refractivity contribution in [1.29, 1.82) is 0 Å². The molecule has 3 heterocycles. The second-order valence-corrected chi connectivity index (χ2v) is 6.32. The van der Waals surface area contributed by atoms with Gasteiger partial charge >= 0.3 is 0 Å². The second kappa shape index (κ2) is 8.08. The topological polar surface area (TPSA) is 80.5 Å². The molecule has 1 N–H and O–H groups in total. The van der Waals surface area contributed by atoms with Crippen LogP contribution in [-0.4, -0.2) is 53.3 Å². The van der Waals surface area contributed by atoms with Gasteiger partial charge < -0.3 is 19.5 Å². The first-order valence-corrected chi connectivity index (χ1v) is 8.09. The molecule has 1 amide bonds. The van der Waals surface area contributed by atoms with E-state index >= 15 is 0 Å². The van der Waals surface area contributed by atoms with Gasteiger partial charge in [-0.25, -0.2) is 0 Å². The molecule has 2 aliphatic rings. The normalized spacial score (nSPS) is 24.7. The highest BCUT2D eigenvalue weighted by molar-refractivity contribution is 5.85. The van der Waals surface area contributed by atoms with Crippen molar-refractivity contribution in [1.82, 2.24) is 20.4 Å². The Bertz CT molecular complexity index is 517. The van der Waals surface area contributed by atoms with Gasteiger partial charge in [0.05, 0.1) is 19.3 Å². The van der Waals surface area contributed by atoms with Gasteiger partial charge in [-0.05, 0) is 12.8 Å². The second-order valence-electron chi connectivity index (χ2n) is 6.32. The smallest absolute Gasteiger partial charge is 0.229 e. The third-order valence-corrected chi connectivity index (χ3v) is 4.24. The van der Waals surface area contributed by atoms with Gasteiger partial charge in [0.2, 0.25) is 11.8 Å². The number of aromatic nitrogens is 2. The lowest BCUT2D eigenvalue weighted by Gasteiger charge is -2.27. The maximum absolute atomic E-state index is 12.6. The quantitative estimate of drug-likeness (QED) is 0.894. The van der Waals surface area contributed by atoms with Gasteiger partial charge in [-0.1, -0.05) is 19.0 Å². The number of ether oxygens (including phenoxy) is 1. The molecule has 3 rings (SSSR count). The summed E-state index contributed by atoms with van der Waals surface area (Å²) in [5.41, 5.74) is 0. The van der Waals surface area contributed by atoms with Crippen LogP contribution in [0.4, 0.5) is 0 Å². The molecule has 2 unspecified atom stereocenters. The molecule has 130 valence electrons. The number of morpholine rings is 1. The van der Waals surface area contributed by atoms with Crippen LogP contribution in [0.15, 0.2) is 4.52 Å². The summed E-state index contributed by atoms with van der Waals surface area (Å²) in [5, 5.41) is 7.40. The summed E-state index contributed by atoms with van der Waals surface area (Å²) in [7, 11) is 0. The van der Waals surface area contributed by atoms with Gasteiger partial charge in [0.25, 0.3) is 0 Å².